The zero-order valence-corrected chi connectivity index (χ0v) is 13.2. The topological polar surface area (TPSA) is 59.8 Å². The minimum absolute atomic E-state index is 0.166. The molecular weight excluding hydrogens is 276 g/mol. The number of nitrogens with zero attached hydrogens (tertiary/aromatic N) is 3. The highest BCUT2D eigenvalue weighted by Crippen LogP contribution is 2.18. The normalized spacial score (nSPS) is 15.7. The van der Waals surface area contributed by atoms with Crippen molar-refractivity contribution in [1.29, 1.82) is 0 Å². The first-order valence-electron chi connectivity index (χ1n) is 7.95. The van der Waals surface area contributed by atoms with Crippen LogP contribution in [0.25, 0.3) is 5.69 Å². The molecule has 0 radical (unpaired) electrons. The summed E-state index contributed by atoms with van der Waals surface area (Å²) in [6.07, 6.45) is 5.77. The maximum absolute atomic E-state index is 12.3. The van der Waals surface area contributed by atoms with E-state index in [1.54, 1.807) is 4.68 Å². The number of aryl methyl sites for hydroxylation is 2. The van der Waals surface area contributed by atoms with Crippen molar-refractivity contribution >= 4 is 5.91 Å². The number of carbonyl (C=O) groups is 1. The van der Waals surface area contributed by atoms with Gasteiger partial charge in [0.05, 0.1) is 5.69 Å². The lowest BCUT2D eigenvalue weighted by atomic mass is 9.95. The minimum atomic E-state index is -0.166. The van der Waals surface area contributed by atoms with Crippen molar-refractivity contribution in [2.45, 2.75) is 52.0 Å². The Morgan fingerprint density at radius 1 is 1.14 bits per heavy atom. The summed E-state index contributed by atoms with van der Waals surface area (Å²) in [6.45, 7) is 3.91. The molecule has 1 aliphatic rings. The van der Waals surface area contributed by atoms with Crippen LogP contribution in [0.2, 0.25) is 0 Å². The lowest BCUT2D eigenvalue weighted by Gasteiger charge is -2.21. The number of nitrogens with one attached hydrogen (secondary N) is 1. The summed E-state index contributed by atoms with van der Waals surface area (Å²) >= 11 is 0. The molecule has 0 saturated heterocycles. The molecule has 0 bridgehead atoms. The fourth-order valence-electron chi connectivity index (χ4n) is 2.91. The van der Waals surface area contributed by atoms with Crippen LogP contribution in [-0.2, 0) is 0 Å². The lowest BCUT2D eigenvalue weighted by Crippen LogP contribution is -2.36. The summed E-state index contributed by atoms with van der Waals surface area (Å²) in [7, 11) is 0. The summed E-state index contributed by atoms with van der Waals surface area (Å²) in [5, 5.41) is 7.43. The highest BCUT2D eigenvalue weighted by atomic mass is 16.2. The fraction of sp³-hybridized carbons (Fsp3) is 0.471. The summed E-state index contributed by atoms with van der Waals surface area (Å²) in [4.78, 5) is 16.6. The molecular formula is C17H22N4O. The second-order valence-electron chi connectivity index (χ2n) is 6.04. The Labute approximate surface area is 130 Å². The van der Waals surface area contributed by atoms with E-state index in [0.717, 1.165) is 24.4 Å². The number of hydrogen-bond donors (Lipinski definition) is 1. The van der Waals surface area contributed by atoms with Crippen molar-refractivity contribution in [2.75, 3.05) is 0 Å². The van der Waals surface area contributed by atoms with Crippen LogP contribution in [0.15, 0.2) is 24.3 Å². The molecule has 1 fully saturated rings. The number of amides is 1. The van der Waals surface area contributed by atoms with Gasteiger partial charge in [-0.25, -0.2) is 9.67 Å². The van der Waals surface area contributed by atoms with E-state index < -0.39 is 0 Å². The lowest BCUT2D eigenvalue weighted by molar-refractivity contribution is 0.0917. The molecule has 5 heteroatoms. The average molecular weight is 298 g/mol. The van der Waals surface area contributed by atoms with Gasteiger partial charge in [-0.3, -0.25) is 4.79 Å². The number of carbonyl (C=O) groups excluding carboxylic acids is 1. The molecule has 2 aromatic rings. The molecule has 22 heavy (non-hydrogen) atoms. The smallest absolute Gasteiger partial charge is 0.291 e. The number of benzene rings is 1. The van der Waals surface area contributed by atoms with E-state index in [-0.39, 0.29) is 17.8 Å². The van der Waals surface area contributed by atoms with Crippen LogP contribution >= 0.6 is 0 Å². The second kappa shape index (κ2) is 6.30. The third-order valence-corrected chi connectivity index (χ3v) is 4.19. The van der Waals surface area contributed by atoms with Gasteiger partial charge in [-0.1, -0.05) is 37.0 Å². The van der Waals surface area contributed by atoms with Gasteiger partial charge < -0.3 is 5.32 Å². The van der Waals surface area contributed by atoms with Crippen LogP contribution in [0.1, 0.15) is 54.1 Å². The van der Waals surface area contributed by atoms with Crippen LogP contribution in [0.3, 0.4) is 0 Å². The largest absolute Gasteiger partial charge is 0.347 e. The standard InChI is InChI=1S/C17H22N4O/c1-12-8-10-15(11-9-12)21-13(2)18-16(20-21)17(22)19-14-6-4-3-5-7-14/h8-11,14H,3-7H2,1-2H3,(H,19,22). The molecule has 0 aliphatic heterocycles. The van der Waals surface area contributed by atoms with Gasteiger partial charge in [-0.05, 0) is 38.8 Å². The van der Waals surface area contributed by atoms with E-state index in [9.17, 15) is 4.79 Å². The van der Waals surface area contributed by atoms with Crippen molar-refractivity contribution in [3.05, 3.63) is 41.5 Å². The van der Waals surface area contributed by atoms with Gasteiger partial charge in [0.1, 0.15) is 5.82 Å². The molecule has 3 rings (SSSR count). The molecule has 1 aromatic heterocycles. The van der Waals surface area contributed by atoms with Gasteiger partial charge in [0, 0.05) is 6.04 Å². The van der Waals surface area contributed by atoms with Gasteiger partial charge in [0.15, 0.2) is 0 Å². The van der Waals surface area contributed by atoms with Crippen molar-refractivity contribution in [1.82, 2.24) is 20.1 Å². The van der Waals surface area contributed by atoms with E-state index in [1.807, 2.05) is 38.1 Å². The molecule has 1 aromatic carbocycles. The predicted molar refractivity (Wildman–Crippen MR) is 85.2 cm³/mol. The quantitative estimate of drug-likeness (QED) is 0.947. The Balaban J connectivity index is 1.76. The zero-order chi connectivity index (χ0) is 15.5. The minimum Gasteiger partial charge on any atom is -0.347 e. The van der Waals surface area contributed by atoms with Gasteiger partial charge in [0.2, 0.25) is 5.82 Å². The number of rotatable bonds is 3. The summed E-state index contributed by atoms with van der Waals surface area (Å²) < 4.78 is 1.72. The molecule has 116 valence electrons. The Bertz CT molecular complexity index is 654. The van der Waals surface area contributed by atoms with Gasteiger partial charge in [-0.15, -0.1) is 5.10 Å². The van der Waals surface area contributed by atoms with E-state index in [0.29, 0.717) is 0 Å². The molecule has 1 heterocycles. The van der Waals surface area contributed by atoms with E-state index in [1.165, 1.54) is 24.8 Å². The van der Waals surface area contributed by atoms with Crippen LogP contribution < -0.4 is 5.32 Å². The first kappa shape index (κ1) is 14.8. The SMILES string of the molecule is Cc1ccc(-n2nc(C(=O)NC3CCCCC3)nc2C)cc1. The zero-order valence-electron chi connectivity index (χ0n) is 13.2. The monoisotopic (exact) mass is 298 g/mol. The average Bonchev–Trinajstić information content (AvgIpc) is 2.91. The highest BCUT2D eigenvalue weighted by Gasteiger charge is 2.20. The summed E-state index contributed by atoms with van der Waals surface area (Å²) in [5.74, 6) is 0.808. The van der Waals surface area contributed by atoms with Crippen LogP contribution in [0, 0.1) is 13.8 Å². The highest BCUT2D eigenvalue weighted by molar-refractivity contribution is 5.90. The summed E-state index contributed by atoms with van der Waals surface area (Å²) in [5.41, 5.74) is 2.11. The number of hydrogen-bond acceptors (Lipinski definition) is 3. The van der Waals surface area contributed by atoms with Crippen LogP contribution in [0.5, 0.6) is 0 Å². The number of aromatic nitrogens is 3. The predicted octanol–water partition coefficient (Wildman–Crippen LogP) is 2.95. The Morgan fingerprint density at radius 3 is 2.50 bits per heavy atom. The first-order chi connectivity index (χ1) is 10.6. The van der Waals surface area contributed by atoms with E-state index in [2.05, 4.69) is 15.4 Å². The molecule has 0 spiro atoms. The van der Waals surface area contributed by atoms with Crippen molar-refractivity contribution in [3.63, 3.8) is 0 Å². The Hall–Kier alpha value is -2.17. The van der Waals surface area contributed by atoms with Crippen LogP contribution in [0.4, 0.5) is 0 Å². The van der Waals surface area contributed by atoms with Gasteiger partial charge in [0.25, 0.3) is 5.91 Å². The van der Waals surface area contributed by atoms with E-state index in [4.69, 9.17) is 0 Å². The van der Waals surface area contributed by atoms with Crippen molar-refractivity contribution in [2.24, 2.45) is 0 Å². The van der Waals surface area contributed by atoms with Crippen LogP contribution in [-0.4, -0.2) is 26.7 Å². The van der Waals surface area contributed by atoms with Gasteiger partial charge >= 0.3 is 0 Å². The molecule has 5 nitrogen and oxygen atoms in total. The molecule has 1 aliphatic carbocycles. The molecule has 1 saturated carbocycles. The Kier molecular flexibility index (Phi) is 4.22. The van der Waals surface area contributed by atoms with E-state index >= 15 is 0 Å². The second-order valence-corrected chi connectivity index (χ2v) is 6.04. The maximum atomic E-state index is 12.3. The Morgan fingerprint density at radius 2 is 1.82 bits per heavy atom. The molecule has 1 amide bonds. The maximum Gasteiger partial charge on any atom is 0.291 e. The molecule has 0 unspecified atom stereocenters. The summed E-state index contributed by atoms with van der Waals surface area (Å²) in [6, 6.07) is 8.30. The fourth-order valence-corrected chi connectivity index (χ4v) is 2.91. The first-order valence-corrected chi connectivity index (χ1v) is 7.95. The molecule has 0 atom stereocenters. The van der Waals surface area contributed by atoms with Gasteiger partial charge in [-0.2, -0.15) is 0 Å². The van der Waals surface area contributed by atoms with Crippen molar-refractivity contribution in [3.8, 4) is 5.69 Å². The third kappa shape index (κ3) is 3.18. The van der Waals surface area contributed by atoms with Crippen molar-refractivity contribution < 1.29 is 4.79 Å². The third-order valence-electron chi connectivity index (χ3n) is 4.19. The molecule has 1 N–H and O–H groups in total.